The van der Waals surface area contributed by atoms with Crippen molar-refractivity contribution in [2.75, 3.05) is 5.32 Å². The number of fused-ring (bicyclic) bond motifs is 1. The summed E-state index contributed by atoms with van der Waals surface area (Å²) in [6, 6.07) is 16.7. The average molecular weight is 352 g/mol. The summed E-state index contributed by atoms with van der Waals surface area (Å²) in [6.07, 6.45) is 3.79. The second-order valence-electron chi connectivity index (χ2n) is 5.54. The molecule has 2 heterocycles. The van der Waals surface area contributed by atoms with E-state index < -0.39 is 0 Å². The van der Waals surface area contributed by atoms with Crippen LogP contribution in [0.15, 0.2) is 67.0 Å². The van der Waals surface area contributed by atoms with Gasteiger partial charge in [-0.3, -0.25) is 4.79 Å². The minimum atomic E-state index is -0.189. The van der Waals surface area contributed by atoms with Gasteiger partial charge < -0.3 is 9.88 Å². The maximum Gasteiger partial charge on any atom is 0.246 e. The number of carbonyl (C=O) groups is 1. The van der Waals surface area contributed by atoms with Crippen LogP contribution in [-0.2, 0) is 11.3 Å². The molecule has 2 aromatic carbocycles. The number of nitrogens with one attached hydrogen (secondary N) is 1. The Bertz CT molecular complexity index is 1040. The molecule has 4 aromatic rings. The fourth-order valence-corrected chi connectivity index (χ4v) is 2.85. The van der Waals surface area contributed by atoms with E-state index in [1.54, 1.807) is 16.8 Å². The van der Waals surface area contributed by atoms with Crippen molar-refractivity contribution in [2.45, 2.75) is 6.54 Å². The minimum absolute atomic E-state index is 0.0776. The van der Waals surface area contributed by atoms with Crippen molar-refractivity contribution in [1.82, 2.24) is 19.6 Å². The van der Waals surface area contributed by atoms with Crippen LogP contribution < -0.4 is 5.32 Å². The van der Waals surface area contributed by atoms with Crippen LogP contribution in [0.1, 0.15) is 0 Å². The molecule has 25 heavy (non-hydrogen) atoms. The van der Waals surface area contributed by atoms with Gasteiger partial charge in [0, 0.05) is 17.4 Å². The molecule has 4 rings (SSSR count). The molecule has 1 N–H and O–H groups in total. The van der Waals surface area contributed by atoms with E-state index in [0.29, 0.717) is 10.7 Å². The molecule has 0 radical (unpaired) electrons. The molecule has 6 nitrogen and oxygen atoms in total. The molecule has 0 saturated carbocycles. The number of hydrogen-bond donors (Lipinski definition) is 1. The molecule has 1 amide bonds. The van der Waals surface area contributed by atoms with Crippen molar-refractivity contribution in [3.8, 4) is 5.69 Å². The maximum absolute atomic E-state index is 12.5. The summed E-state index contributed by atoms with van der Waals surface area (Å²) < 4.78 is 3.47. The fraction of sp³-hybridized carbons (Fsp3) is 0.0556. The van der Waals surface area contributed by atoms with E-state index >= 15 is 0 Å². The molecule has 124 valence electrons. The molecule has 0 atom stereocenters. The van der Waals surface area contributed by atoms with Gasteiger partial charge in [0.05, 0.1) is 16.9 Å². The third-order valence-electron chi connectivity index (χ3n) is 3.83. The number of rotatable bonds is 4. The van der Waals surface area contributed by atoms with Crippen molar-refractivity contribution in [2.24, 2.45) is 0 Å². The lowest BCUT2D eigenvalue weighted by atomic mass is 10.2. The third-order valence-corrected chi connectivity index (χ3v) is 4.07. The first-order valence-electron chi connectivity index (χ1n) is 7.72. The van der Waals surface area contributed by atoms with Gasteiger partial charge in [0.15, 0.2) is 0 Å². The Balaban J connectivity index is 1.59. The van der Waals surface area contributed by atoms with Crippen molar-refractivity contribution in [3.63, 3.8) is 0 Å². The normalized spacial score (nSPS) is 10.9. The third kappa shape index (κ3) is 3.12. The van der Waals surface area contributed by atoms with Gasteiger partial charge in [0.1, 0.15) is 12.1 Å². The number of hydrogen-bond acceptors (Lipinski definition) is 3. The van der Waals surface area contributed by atoms with E-state index in [1.165, 1.54) is 0 Å². The number of carbonyl (C=O) groups excluding carboxylic acids is 1. The topological polar surface area (TPSA) is 64.7 Å². The van der Waals surface area contributed by atoms with Crippen LogP contribution in [0.4, 0.5) is 5.69 Å². The molecule has 0 aliphatic rings. The van der Waals surface area contributed by atoms with E-state index in [4.69, 9.17) is 11.6 Å². The van der Waals surface area contributed by atoms with Gasteiger partial charge in [-0.1, -0.05) is 28.9 Å². The summed E-state index contributed by atoms with van der Waals surface area (Å²) in [6.45, 7) is 0.0776. The van der Waals surface area contributed by atoms with Gasteiger partial charge in [-0.15, -0.1) is 5.10 Å². The van der Waals surface area contributed by atoms with Gasteiger partial charge in [0.25, 0.3) is 0 Å². The monoisotopic (exact) mass is 351 g/mol. The number of nitrogens with zero attached hydrogens (tertiary/aromatic N) is 4. The molecule has 0 aliphatic heterocycles. The lowest BCUT2D eigenvalue weighted by Crippen LogP contribution is -2.20. The SMILES string of the molecule is O=C(Cn1nnc2ccccc21)Nc1ccc(Cl)cc1-n1cccc1. The Kier molecular flexibility index (Phi) is 3.95. The largest absolute Gasteiger partial charge is 0.323 e. The zero-order chi connectivity index (χ0) is 17.2. The van der Waals surface area contributed by atoms with E-state index in [1.807, 2.05) is 59.4 Å². The summed E-state index contributed by atoms with van der Waals surface area (Å²) in [5, 5.41) is 11.6. The number of para-hydroxylation sites is 1. The predicted molar refractivity (Wildman–Crippen MR) is 96.9 cm³/mol. The summed E-state index contributed by atoms with van der Waals surface area (Å²) in [5.74, 6) is -0.189. The van der Waals surface area contributed by atoms with Crippen molar-refractivity contribution in [1.29, 1.82) is 0 Å². The molecule has 0 fully saturated rings. The Labute approximate surface area is 148 Å². The Morgan fingerprint density at radius 3 is 2.72 bits per heavy atom. The van der Waals surface area contributed by atoms with E-state index in [2.05, 4.69) is 15.6 Å². The Morgan fingerprint density at radius 1 is 1.08 bits per heavy atom. The molecular weight excluding hydrogens is 338 g/mol. The second-order valence-corrected chi connectivity index (χ2v) is 5.97. The summed E-state index contributed by atoms with van der Waals surface area (Å²) in [5.41, 5.74) is 3.05. The number of halogens is 1. The highest BCUT2D eigenvalue weighted by molar-refractivity contribution is 6.30. The highest BCUT2D eigenvalue weighted by atomic mass is 35.5. The summed E-state index contributed by atoms with van der Waals surface area (Å²) in [4.78, 5) is 12.5. The first-order valence-corrected chi connectivity index (χ1v) is 8.09. The quantitative estimate of drug-likeness (QED) is 0.612. The maximum atomic E-state index is 12.5. The first kappa shape index (κ1) is 15.4. The number of anilines is 1. The predicted octanol–water partition coefficient (Wildman–Crippen LogP) is 3.51. The zero-order valence-electron chi connectivity index (χ0n) is 13.1. The standard InChI is InChI=1S/C18H14ClN5O/c19-13-7-8-14(17(11-13)23-9-3-4-10-23)20-18(25)12-24-16-6-2-1-5-15(16)21-22-24/h1-11H,12H2,(H,20,25). The Morgan fingerprint density at radius 2 is 1.88 bits per heavy atom. The van der Waals surface area contributed by atoms with Crippen LogP contribution in [0, 0.1) is 0 Å². The molecule has 0 aliphatic carbocycles. The van der Waals surface area contributed by atoms with Gasteiger partial charge >= 0.3 is 0 Å². The molecule has 2 aromatic heterocycles. The van der Waals surface area contributed by atoms with Gasteiger partial charge in [-0.2, -0.15) is 0 Å². The van der Waals surface area contributed by atoms with E-state index in [-0.39, 0.29) is 12.5 Å². The van der Waals surface area contributed by atoms with E-state index in [9.17, 15) is 4.79 Å². The van der Waals surface area contributed by atoms with Crippen LogP contribution in [0.5, 0.6) is 0 Å². The number of amides is 1. The van der Waals surface area contributed by atoms with Crippen LogP contribution >= 0.6 is 11.6 Å². The van der Waals surface area contributed by atoms with Gasteiger partial charge in [0.2, 0.25) is 5.91 Å². The molecule has 7 heteroatoms. The van der Waals surface area contributed by atoms with Gasteiger partial charge in [-0.25, -0.2) is 4.68 Å². The fourth-order valence-electron chi connectivity index (χ4n) is 2.68. The molecule has 0 saturated heterocycles. The van der Waals surface area contributed by atoms with Crippen molar-refractivity contribution < 1.29 is 4.79 Å². The van der Waals surface area contributed by atoms with Crippen LogP contribution in [0.25, 0.3) is 16.7 Å². The minimum Gasteiger partial charge on any atom is -0.323 e. The molecule has 0 bridgehead atoms. The molecule has 0 unspecified atom stereocenters. The average Bonchev–Trinajstić information content (AvgIpc) is 3.27. The lowest BCUT2D eigenvalue weighted by molar-refractivity contribution is -0.116. The summed E-state index contributed by atoms with van der Waals surface area (Å²) in [7, 11) is 0. The zero-order valence-corrected chi connectivity index (χ0v) is 13.9. The smallest absolute Gasteiger partial charge is 0.246 e. The highest BCUT2D eigenvalue weighted by Crippen LogP contribution is 2.24. The highest BCUT2D eigenvalue weighted by Gasteiger charge is 2.12. The second kappa shape index (κ2) is 6.41. The molecular formula is C18H14ClN5O. The first-order chi connectivity index (χ1) is 12.2. The van der Waals surface area contributed by atoms with Gasteiger partial charge in [-0.05, 0) is 42.5 Å². The Hall–Kier alpha value is -3.12. The van der Waals surface area contributed by atoms with Crippen molar-refractivity contribution in [3.05, 3.63) is 72.0 Å². The van der Waals surface area contributed by atoms with Crippen LogP contribution in [-0.4, -0.2) is 25.5 Å². The van der Waals surface area contributed by atoms with Crippen molar-refractivity contribution >= 4 is 34.2 Å². The molecule has 0 spiro atoms. The number of aromatic nitrogens is 4. The van der Waals surface area contributed by atoms with E-state index in [0.717, 1.165) is 16.7 Å². The lowest BCUT2D eigenvalue weighted by Gasteiger charge is -2.13. The van der Waals surface area contributed by atoms with Crippen LogP contribution in [0.3, 0.4) is 0 Å². The van der Waals surface area contributed by atoms with Crippen LogP contribution in [0.2, 0.25) is 5.02 Å². The summed E-state index contributed by atoms with van der Waals surface area (Å²) >= 11 is 6.10. The number of benzene rings is 2.